The van der Waals surface area contributed by atoms with Crippen LogP contribution in [-0.2, 0) is 9.53 Å². The number of benzene rings is 2. The number of hydrogen-bond donors (Lipinski definition) is 1. The van der Waals surface area contributed by atoms with Gasteiger partial charge in [0.15, 0.2) is 6.10 Å². The molecule has 0 heterocycles. The van der Waals surface area contributed by atoms with Crippen molar-refractivity contribution in [1.82, 2.24) is 0 Å². The molecule has 0 fully saturated rings. The fourth-order valence-electron chi connectivity index (χ4n) is 2.10. The van der Waals surface area contributed by atoms with E-state index in [9.17, 15) is 19.7 Å². The number of esters is 1. The van der Waals surface area contributed by atoms with Crippen molar-refractivity contribution in [3.63, 3.8) is 0 Å². The average Bonchev–Trinajstić information content (AvgIpc) is 2.61. The Morgan fingerprint density at radius 3 is 2.58 bits per heavy atom. The number of nitro groups is 1. The summed E-state index contributed by atoms with van der Waals surface area (Å²) in [5.74, 6) is -1.24. The fourth-order valence-corrected chi connectivity index (χ4v) is 2.27. The van der Waals surface area contributed by atoms with Crippen molar-refractivity contribution in [1.29, 1.82) is 0 Å². The van der Waals surface area contributed by atoms with E-state index in [0.717, 1.165) is 0 Å². The highest BCUT2D eigenvalue weighted by atomic mass is 35.5. The Labute approximate surface area is 153 Å². The summed E-state index contributed by atoms with van der Waals surface area (Å²) in [6.07, 6.45) is -1.20. The summed E-state index contributed by atoms with van der Waals surface area (Å²) in [6.45, 7) is 1.35. The normalized spacial score (nSPS) is 11.3. The molecule has 0 aliphatic rings. The van der Waals surface area contributed by atoms with Crippen molar-refractivity contribution in [2.45, 2.75) is 13.0 Å². The number of amides is 1. The molecular formula is C17H15ClN2O6. The number of anilines is 1. The number of nitro benzene ring substituents is 1. The molecule has 0 unspecified atom stereocenters. The number of carbonyl (C=O) groups is 2. The van der Waals surface area contributed by atoms with Gasteiger partial charge in [0.1, 0.15) is 11.3 Å². The molecule has 0 bridgehead atoms. The van der Waals surface area contributed by atoms with E-state index in [0.29, 0.717) is 16.5 Å². The number of nitrogens with zero attached hydrogens (tertiary/aromatic N) is 1. The molecule has 0 spiro atoms. The second-order valence-corrected chi connectivity index (χ2v) is 5.59. The van der Waals surface area contributed by atoms with E-state index >= 15 is 0 Å². The zero-order valence-electron chi connectivity index (χ0n) is 13.9. The van der Waals surface area contributed by atoms with Crippen molar-refractivity contribution in [2.75, 3.05) is 12.4 Å². The van der Waals surface area contributed by atoms with E-state index in [2.05, 4.69) is 5.32 Å². The Bertz CT molecular complexity index is 855. The van der Waals surface area contributed by atoms with Gasteiger partial charge < -0.3 is 14.8 Å². The molecule has 0 saturated heterocycles. The van der Waals surface area contributed by atoms with Crippen LogP contribution in [0, 0.1) is 10.1 Å². The molecule has 9 heteroatoms. The maximum Gasteiger partial charge on any atom is 0.345 e. The second-order valence-electron chi connectivity index (χ2n) is 5.16. The summed E-state index contributed by atoms with van der Waals surface area (Å²) in [6, 6.07) is 9.97. The molecule has 0 aliphatic heterocycles. The van der Waals surface area contributed by atoms with Crippen LogP contribution < -0.4 is 10.1 Å². The summed E-state index contributed by atoms with van der Waals surface area (Å²) < 4.78 is 10.2. The van der Waals surface area contributed by atoms with Gasteiger partial charge in [-0.05, 0) is 31.2 Å². The lowest BCUT2D eigenvalue weighted by atomic mass is 10.2. The second kappa shape index (κ2) is 8.30. The van der Waals surface area contributed by atoms with Gasteiger partial charge in [-0.3, -0.25) is 14.9 Å². The van der Waals surface area contributed by atoms with Gasteiger partial charge in [0.05, 0.1) is 17.7 Å². The Balaban J connectivity index is 2.11. The molecule has 2 aromatic rings. The number of carbonyl (C=O) groups excluding carboxylic acids is 2. The summed E-state index contributed by atoms with van der Waals surface area (Å²) in [4.78, 5) is 34.7. The van der Waals surface area contributed by atoms with E-state index in [-0.39, 0.29) is 5.56 Å². The van der Waals surface area contributed by atoms with E-state index in [1.165, 1.54) is 44.4 Å². The zero-order valence-corrected chi connectivity index (χ0v) is 14.6. The maximum absolute atomic E-state index is 12.3. The minimum Gasteiger partial charge on any atom is -0.495 e. The van der Waals surface area contributed by atoms with Crippen molar-refractivity contribution in [3.05, 3.63) is 63.2 Å². The average molecular weight is 379 g/mol. The number of para-hydroxylation sites is 1. The van der Waals surface area contributed by atoms with Gasteiger partial charge in [-0.15, -0.1) is 0 Å². The smallest absolute Gasteiger partial charge is 0.345 e. The molecular weight excluding hydrogens is 364 g/mol. The highest BCUT2D eigenvalue weighted by Gasteiger charge is 2.25. The first kappa shape index (κ1) is 19.2. The summed E-state index contributed by atoms with van der Waals surface area (Å²) in [7, 11) is 1.43. The molecule has 26 heavy (non-hydrogen) atoms. The van der Waals surface area contributed by atoms with Crippen LogP contribution in [0.25, 0.3) is 0 Å². The van der Waals surface area contributed by atoms with Crippen LogP contribution in [-0.4, -0.2) is 30.0 Å². The molecule has 1 amide bonds. The first-order valence-electron chi connectivity index (χ1n) is 7.42. The van der Waals surface area contributed by atoms with Gasteiger partial charge in [-0.25, -0.2) is 4.79 Å². The minimum absolute atomic E-state index is 0.238. The first-order valence-corrected chi connectivity index (χ1v) is 7.80. The van der Waals surface area contributed by atoms with Crippen LogP contribution >= 0.6 is 11.6 Å². The number of hydrogen-bond acceptors (Lipinski definition) is 6. The molecule has 8 nitrogen and oxygen atoms in total. The third-order valence-electron chi connectivity index (χ3n) is 3.39. The van der Waals surface area contributed by atoms with Crippen LogP contribution in [0.5, 0.6) is 5.75 Å². The lowest BCUT2D eigenvalue weighted by Crippen LogP contribution is -2.30. The number of nitrogens with one attached hydrogen (secondary N) is 1. The summed E-state index contributed by atoms with van der Waals surface area (Å²) in [5, 5.41) is 13.9. The quantitative estimate of drug-likeness (QED) is 0.468. The van der Waals surface area contributed by atoms with Gasteiger partial charge in [-0.2, -0.15) is 0 Å². The molecule has 0 aliphatic carbocycles. The monoisotopic (exact) mass is 378 g/mol. The Morgan fingerprint density at radius 1 is 1.23 bits per heavy atom. The topological polar surface area (TPSA) is 108 Å². The Kier molecular flexibility index (Phi) is 6.13. The van der Waals surface area contributed by atoms with Gasteiger partial charge in [-0.1, -0.05) is 23.7 Å². The summed E-state index contributed by atoms with van der Waals surface area (Å²) >= 11 is 5.89. The largest absolute Gasteiger partial charge is 0.495 e. The number of halogens is 1. The van der Waals surface area contributed by atoms with Crippen LogP contribution in [0.2, 0.25) is 5.02 Å². The molecule has 2 aromatic carbocycles. The Morgan fingerprint density at radius 2 is 1.92 bits per heavy atom. The van der Waals surface area contributed by atoms with Crippen LogP contribution in [0.1, 0.15) is 17.3 Å². The lowest BCUT2D eigenvalue weighted by Gasteiger charge is -2.15. The Hall–Kier alpha value is -3.13. The highest BCUT2D eigenvalue weighted by molar-refractivity contribution is 6.31. The third-order valence-corrected chi connectivity index (χ3v) is 3.63. The SMILES string of the molecule is COc1ccc(Cl)cc1NC(=O)[C@@H](C)OC(=O)c1ccccc1[N+](=O)[O-]. The number of rotatable bonds is 6. The molecule has 2 rings (SSSR count). The minimum atomic E-state index is -1.20. The predicted molar refractivity (Wildman–Crippen MR) is 94.6 cm³/mol. The van der Waals surface area contributed by atoms with Gasteiger partial charge in [0.25, 0.3) is 11.6 Å². The van der Waals surface area contributed by atoms with Gasteiger partial charge in [0.2, 0.25) is 0 Å². The van der Waals surface area contributed by atoms with Gasteiger partial charge >= 0.3 is 5.97 Å². The van der Waals surface area contributed by atoms with E-state index in [1.807, 2.05) is 0 Å². The molecule has 0 aromatic heterocycles. The standard InChI is InChI=1S/C17H15ClN2O6/c1-10(16(21)19-13-9-11(18)7-8-15(13)25-2)26-17(22)12-5-3-4-6-14(12)20(23)24/h3-10H,1-2H3,(H,19,21)/t10-/m1/s1. The van der Waals surface area contributed by atoms with E-state index in [4.69, 9.17) is 21.1 Å². The van der Waals surface area contributed by atoms with Crippen molar-refractivity contribution >= 4 is 34.9 Å². The zero-order chi connectivity index (χ0) is 19.3. The predicted octanol–water partition coefficient (Wildman–Crippen LogP) is 3.44. The molecule has 0 saturated carbocycles. The lowest BCUT2D eigenvalue weighted by molar-refractivity contribution is -0.385. The number of methoxy groups -OCH3 is 1. The number of ether oxygens (including phenoxy) is 2. The van der Waals surface area contributed by atoms with Crippen molar-refractivity contribution in [3.8, 4) is 5.75 Å². The first-order chi connectivity index (χ1) is 12.3. The van der Waals surface area contributed by atoms with Crippen LogP contribution in [0.3, 0.4) is 0 Å². The van der Waals surface area contributed by atoms with E-state index in [1.54, 1.807) is 12.1 Å². The molecule has 136 valence electrons. The van der Waals surface area contributed by atoms with Crippen LogP contribution in [0.4, 0.5) is 11.4 Å². The van der Waals surface area contributed by atoms with Gasteiger partial charge in [0, 0.05) is 11.1 Å². The molecule has 1 N–H and O–H groups in total. The molecule has 1 atom stereocenters. The van der Waals surface area contributed by atoms with Crippen molar-refractivity contribution in [2.24, 2.45) is 0 Å². The van der Waals surface area contributed by atoms with Crippen molar-refractivity contribution < 1.29 is 24.0 Å². The van der Waals surface area contributed by atoms with Crippen LogP contribution in [0.15, 0.2) is 42.5 Å². The van der Waals surface area contributed by atoms with E-state index < -0.39 is 28.6 Å². The highest BCUT2D eigenvalue weighted by Crippen LogP contribution is 2.28. The third kappa shape index (κ3) is 4.48. The maximum atomic E-state index is 12.3. The fraction of sp³-hybridized carbons (Fsp3) is 0.176. The molecule has 0 radical (unpaired) electrons. The summed E-state index contributed by atoms with van der Waals surface area (Å²) in [5.41, 5.74) is -0.335.